The van der Waals surface area contributed by atoms with Gasteiger partial charge in [-0.15, -0.1) is 24.8 Å². The summed E-state index contributed by atoms with van der Waals surface area (Å²) in [6.07, 6.45) is 0. The Balaban J connectivity index is 0.000000980. The first-order chi connectivity index (χ1) is 6.38. The van der Waals surface area contributed by atoms with E-state index in [0.29, 0.717) is 0 Å². The second-order valence-corrected chi connectivity index (χ2v) is 3.52. The highest BCUT2D eigenvalue weighted by atomic mass is 35.5. The summed E-state index contributed by atoms with van der Waals surface area (Å²) >= 11 is 0. The molecule has 0 unspecified atom stereocenters. The molecule has 4 heteroatoms. The molecule has 1 aromatic carbocycles. The zero-order valence-corrected chi connectivity index (χ0v) is 10.5. The number of hydrogen-bond donors (Lipinski definition) is 1. The number of anilines is 1. The number of benzene rings is 1. The zero-order valence-electron chi connectivity index (χ0n) is 8.90. The molecular weight excluding hydrogens is 231 g/mol. The Bertz CT molecular complexity index is 286. The summed E-state index contributed by atoms with van der Waals surface area (Å²) in [4.78, 5) is 2.45. The maximum atomic E-state index is 3.36. The molecule has 86 valence electrons. The van der Waals surface area contributed by atoms with Crippen LogP contribution >= 0.6 is 24.8 Å². The van der Waals surface area contributed by atoms with E-state index in [0.717, 1.165) is 26.2 Å². The van der Waals surface area contributed by atoms with Gasteiger partial charge in [-0.3, -0.25) is 0 Å². The van der Waals surface area contributed by atoms with Crippen LogP contribution in [0.15, 0.2) is 24.3 Å². The number of piperazine rings is 1. The van der Waals surface area contributed by atoms with Gasteiger partial charge in [-0.05, 0) is 18.6 Å². The number of nitrogens with one attached hydrogen (secondary N) is 1. The molecule has 1 saturated heterocycles. The molecule has 2 rings (SSSR count). The summed E-state index contributed by atoms with van der Waals surface area (Å²) in [6, 6.07) is 8.60. The molecule has 15 heavy (non-hydrogen) atoms. The molecule has 0 saturated carbocycles. The molecule has 0 spiro atoms. The molecule has 1 N–H and O–H groups in total. The van der Waals surface area contributed by atoms with Crippen LogP contribution in [0, 0.1) is 6.92 Å². The van der Waals surface area contributed by atoms with Crippen molar-refractivity contribution in [3.8, 4) is 0 Å². The number of halogens is 2. The van der Waals surface area contributed by atoms with Gasteiger partial charge in [-0.25, -0.2) is 0 Å². The minimum atomic E-state index is 0. The van der Waals surface area contributed by atoms with E-state index in [4.69, 9.17) is 0 Å². The summed E-state index contributed by atoms with van der Waals surface area (Å²) in [7, 11) is 0. The lowest BCUT2D eigenvalue weighted by molar-refractivity contribution is 0.588. The molecule has 0 radical (unpaired) electrons. The normalized spacial score (nSPS) is 15.1. The van der Waals surface area contributed by atoms with Crippen molar-refractivity contribution in [2.45, 2.75) is 6.92 Å². The Hall–Kier alpha value is -0.440. The average molecular weight is 249 g/mol. The summed E-state index contributed by atoms with van der Waals surface area (Å²) in [5, 5.41) is 3.36. The quantitative estimate of drug-likeness (QED) is 0.821. The molecule has 2 nitrogen and oxygen atoms in total. The monoisotopic (exact) mass is 248 g/mol. The van der Waals surface area contributed by atoms with E-state index < -0.39 is 0 Å². The van der Waals surface area contributed by atoms with Crippen molar-refractivity contribution in [2.24, 2.45) is 0 Å². The Labute approximate surface area is 104 Å². The van der Waals surface area contributed by atoms with Crippen molar-refractivity contribution in [3.05, 3.63) is 29.8 Å². The van der Waals surface area contributed by atoms with Crippen LogP contribution in [0.2, 0.25) is 0 Å². The van der Waals surface area contributed by atoms with Crippen molar-refractivity contribution in [1.29, 1.82) is 0 Å². The molecule has 0 aliphatic carbocycles. The third-order valence-electron chi connectivity index (χ3n) is 2.57. The number of aryl methyl sites for hydroxylation is 1. The van der Waals surface area contributed by atoms with Gasteiger partial charge in [0.1, 0.15) is 0 Å². The fraction of sp³-hybridized carbons (Fsp3) is 0.455. The van der Waals surface area contributed by atoms with Crippen molar-refractivity contribution < 1.29 is 0 Å². The van der Waals surface area contributed by atoms with Crippen LogP contribution in [-0.2, 0) is 0 Å². The van der Waals surface area contributed by atoms with Gasteiger partial charge in [-0.1, -0.05) is 18.2 Å². The number of hydrogen-bond acceptors (Lipinski definition) is 2. The maximum absolute atomic E-state index is 3.36. The molecule has 0 bridgehead atoms. The summed E-state index contributed by atoms with van der Waals surface area (Å²) in [5.74, 6) is 0. The Morgan fingerprint density at radius 1 is 1.07 bits per heavy atom. The number of nitrogens with zero attached hydrogens (tertiary/aromatic N) is 1. The van der Waals surface area contributed by atoms with Crippen LogP contribution in [0.4, 0.5) is 5.69 Å². The first-order valence-electron chi connectivity index (χ1n) is 4.89. The van der Waals surface area contributed by atoms with Crippen molar-refractivity contribution >= 4 is 30.5 Å². The molecule has 1 fully saturated rings. The minimum absolute atomic E-state index is 0. The number of para-hydroxylation sites is 1. The van der Waals surface area contributed by atoms with E-state index in [1.807, 2.05) is 0 Å². The standard InChI is InChI=1S/C11H16N2.2ClH/c1-10-4-2-3-5-11(10)13-8-6-12-7-9-13;;/h2-5,12H,6-9H2,1H3;2*1H. The van der Waals surface area contributed by atoms with Gasteiger partial charge in [0, 0.05) is 31.9 Å². The first kappa shape index (κ1) is 14.6. The molecule has 1 aromatic rings. The van der Waals surface area contributed by atoms with Gasteiger partial charge in [0.15, 0.2) is 0 Å². The molecule has 1 aliphatic heterocycles. The Morgan fingerprint density at radius 3 is 2.27 bits per heavy atom. The highest BCUT2D eigenvalue weighted by Gasteiger charge is 2.10. The Morgan fingerprint density at radius 2 is 1.67 bits per heavy atom. The molecule has 0 atom stereocenters. The van der Waals surface area contributed by atoms with E-state index in [-0.39, 0.29) is 24.8 Å². The van der Waals surface area contributed by atoms with Crippen molar-refractivity contribution in [3.63, 3.8) is 0 Å². The molecule has 1 heterocycles. The molecular formula is C11H18Cl2N2. The fourth-order valence-corrected chi connectivity index (χ4v) is 1.82. The molecule has 1 aliphatic rings. The SMILES string of the molecule is Cc1ccccc1N1CCNCC1.Cl.Cl. The third-order valence-corrected chi connectivity index (χ3v) is 2.57. The van der Waals surface area contributed by atoms with Crippen LogP contribution in [0.25, 0.3) is 0 Å². The topological polar surface area (TPSA) is 15.3 Å². The second kappa shape index (κ2) is 6.94. The van der Waals surface area contributed by atoms with Gasteiger partial charge < -0.3 is 10.2 Å². The molecule has 0 amide bonds. The maximum Gasteiger partial charge on any atom is 0.0396 e. The number of rotatable bonds is 1. The average Bonchev–Trinajstić information content (AvgIpc) is 2.20. The van der Waals surface area contributed by atoms with Crippen LogP contribution < -0.4 is 10.2 Å². The van der Waals surface area contributed by atoms with Gasteiger partial charge in [0.2, 0.25) is 0 Å². The predicted molar refractivity (Wildman–Crippen MR) is 70.8 cm³/mol. The fourth-order valence-electron chi connectivity index (χ4n) is 1.82. The first-order valence-corrected chi connectivity index (χ1v) is 4.89. The van der Waals surface area contributed by atoms with Gasteiger partial charge in [0.05, 0.1) is 0 Å². The summed E-state index contributed by atoms with van der Waals surface area (Å²) in [5.41, 5.74) is 2.77. The largest absolute Gasteiger partial charge is 0.369 e. The lowest BCUT2D eigenvalue weighted by atomic mass is 10.1. The van der Waals surface area contributed by atoms with E-state index in [1.165, 1.54) is 11.3 Å². The Kier molecular flexibility index (Phi) is 6.73. The van der Waals surface area contributed by atoms with E-state index in [1.54, 1.807) is 0 Å². The lowest BCUT2D eigenvalue weighted by Gasteiger charge is -2.30. The summed E-state index contributed by atoms with van der Waals surface area (Å²) < 4.78 is 0. The highest BCUT2D eigenvalue weighted by molar-refractivity contribution is 5.85. The zero-order chi connectivity index (χ0) is 9.10. The summed E-state index contributed by atoms with van der Waals surface area (Å²) in [6.45, 7) is 6.65. The van der Waals surface area contributed by atoms with E-state index in [2.05, 4.69) is 41.4 Å². The van der Waals surface area contributed by atoms with Crippen LogP contribution in [-0.4, -0.2) is 26.2 Å². The van der Waals surface area contributed by atoms with E-state index in [9.17, 15) is 0 Å². The second-order valence-electron chi connectivity index (χ2n) is 3.52. The van der Waals surface area contributed by atoms with E-state index >= 15 is 0 Å². The van der Waals surface area contributed by atoms with Crippen LogP contribution in [0.5, 0.6) is 0 Å². The van der Waals surface area contributed by atoms with Crippen LogP contribution in [0.3, 0.4) is 0 Å². The van der Waals surface area contributed by atoms with Crippen molar-refractivity contribution in [2.75, 3.05) is 31.1 Å². The van der Waals surface area contributed by atoms with Crippen LogP contribution in [0.1, 0.15) is 5.56 Å². The smallest absolute Gasteiger partial charge is 0.0396 e. The van der Waals surface area contributed by atoms with Gasteiger partial charge in [0.25, 0.3) is 0 Å². The molecule has 0 aromatic heterocycles. The predicted octanol–water partition coefficient (Wildman–Crippen LogP) is 2.25. The van der Waals surface area contributed by atoms with Gasteiger partial charge >= 0.3 is 0 Å². The third kappa shape index (κ3) is 3.56. The lowest BCUT2D eigenvalue weighted by Crippen LogP contribution is -2.43. The van der Waals surface area contributed by atoms with Crippen molar-refractivity contribution in [1.82, 2.24) is 5.32 Å². The van der Waals surface area contributed by atoms with Gasteiger partial charge in [-0.2, -0.15) is 0 Å². The minimum Gasteiger partial charge on any atom is -0.369 e. The highest BCUT2D eigenvalue weighted by Crippen LogP contribution is 2.19.